The van der Waals surface area contributed by atoms with Crippen molar-refractivity contribution in [3.8, 4) is 0 Å². The minimum absolute atomic E-state index is 0.552. The van der Waals surface area contributed by atoms with Gasteiger partial charge in [0, 0.05) is 31.8 Å². The van der Waals surface area contributed by atoms with Crippen LogP contribution in [0.5, 0.6) is 0 Å². The Kier molecular flexibility index (Phi) is 8.58. The maximum absolute atomic E-state index is 5.61. The number of methoxy groups -OCH3 is 1. The molecule has 1 heterocycles. The molecule has 1 aromatic rings. The number of furan rings is 1. The zero-order valence-electron chi connectivity index (χ0n) is 13.4. The van der Waals surface area contributed by atoms with Crippen molar-refractivity contribution in [2.24, 2.45) is 0 Å². The minimum Gasteiger partial charge on any atom is -0.468 e. The van der Waals surface area contributed by atoms with Crippen LogP contribution in [0.2, 0.25) is 0 Å². The summed E-state index contributed by atoms with van der Waals surface area (Å²) in [6.45, 7) is 11.2. The highest BCUT2D eigenvalue weighted by Gasteiger charge is 2.15. The van der Waals surface area contributed by atoms with Crippen LogP contribution >= 0.6 is 0 Å². The second-order valence-electron chi connectivity index (χ2n) is 5.27. The fourth-order valence-corrected chi connectivity index (χ4v) is 2.18. The van der Waals surface area contributed by atoms with Crippen molar-refractivity contribution in [2.45, 2.75) is 52.7 Å². The van der Waals surface area contributed by atoms with Crippen molar-refractivity contribution in [3.63, 3.8) is 0 Å². The lowest BCUT2D eigenvalue weighted by Crippen LogP contribution is -2.35. The second kappa shape index (κ2) is 9.97. The third-order valence-electron chi connectivity index (χ3n) is 3.72. The van der Waals surface area contributed by atoms with Crippen LogP contribution in [0.4, 0.5) is 0 Å². The van der Waals surface area contributed by atoms with Crippen molar-refractivity contribution in [1.82, 2.24) is 10.2 Å². The van der Waals surface area contributed by atoms with Gasteiger partial charge in [0.1, 0.15) is 5.76 Å². The van der Waals surface area contributed by atoms with Crippen LogP contribution in [0.1, 0.15) is 44.9 Å². The molecule has 1 unspecified atom stereocenters. The Morgan fingerprint density at radius 3 is 2.85 bits per heavy atom. The molecule has 0 amide bonds. The van der Waals surface area contributed by atoms with E-state index in [2.05, 4.69) is 37.1 Å². The maximum Gasteiger partial charge on any atom is 0.122 e. The molecule has 0 aliphatic rings. The first-order valence-corrected chi connectivity index (χ1v) is 7.71. The van der Waals surface area contributed by atoms with Crippen LogP contribution < -0.4 is 5.32 Å². The Morgan fingerprint density at radius 2 is 2.20 bits per heavy atom. The first-order chi connectivity index (χ1) is 9.72. The minimum atomic E-state index is 0.552. The van der Waals surface area contributed by atoms with Gasteiger partial charge < -0.3 is 14.5 Å². The summed E-state index contributed by atoms with van der Waals surface area (Å²) in [5.74, 6) is 1.06. The van der Waals surface area contributed by atoms with Crippen LogP contribution in [0.3, 0.4) is 0 Å². The quantitative estimate of drug-likeness (QED) is 0.633. The summed E-state index contributed by atoms with van der Waals surface area (Å²) in [5, 5.41) is 3.40. The van der Waals surface area contributed by atoms with Gasteiger partial charge >= 0.3 is 0 Å². The molecule has 0 radical (unpaired) electrons. The molecule has 4 nitrogen and oxygen atoms in total. The smallest absolute Gasteiger partial charge is 0.122 e. The van der Waals surface area contributed by atoms with Gasteiger partial charge in [0.05, 0.1) is 19.4 Å². The molecular formula is C16H30N2O2. The van der Waals surface area contributed by atoms with E-state index in [0.717, 1.165) is 51.4 Å². The average Bonchev–Trinajstić information content (AvgIpc) is 2.90. The molecule has 1 aromatic heterocycles. The molecule has 0 saturated carbocycles. The Labute approximate surface area is 123 Å². The van der Waals surface area contributed by atoms with Gasteiger partial charge in [0.15, 0.2) is 0 Å². The summed E-state index contributed by atoms with van der Waals surface area (Å²) in [7, 11) is 1.76. The fourth-order valence-electron chi connectivity index (χ4n) is 2.18. The van der Waals surface area contributed by atoms with E-state index in [-0.39, 0.29) is 0 Å². The molecule has 0 bridgehead atoms. The van der Waals surface area contributed by atoms with Crippen LogP contribution in [0.15, 0.2) is 16.7 Å². The number of hydrogen-bond donors (Lipinski definition) is 1. The zero-order chi connectivity index (χ0) is 14.8. The maximum atomic E-state index is 5.61. The molecule has 0 aliphatic heterocycles. The van der Waals surface area contributed by atoms with Crippen LogP contribution in [-0.2, 0) is 17.8 Å². The summed E-state index contributed by atoms with van der Waals surface area (Å²) in [5.41, 5.74) is 1.28. The topological polar surface area (TPSA) is 37.6 Å². The van der Waals surface area contributed by atoms with Gasteiger partial charge in [0.25, 0.3) is 0 Å². The highest BCUT2D eigenvalue weighted by Crippen LogP contribution is 2.16. The van der Waals surface area contributed by atoms with Crippen LogP contribution in [0.25, 0.3) is 0 Å². The number of rotatable bonds is 11. The Balaban J connectivity index is 2.60. The van der Waals surface area contributed by atoms with E-state index in [1.807, 2.05) is 0 Å². The van der Waals surface area contributed by atoms with E-state index < -0.39 is 0 Å². The molecular weight excluding hydrogens is 252 g/mol. The second-order valence-corrected chi connectivity index (χ2v) is 5.27. The number of nitrogens with one attached hydrogen (secondary N) is 1. The summed E-state index contributed by atoms with van der Waals surface area (Å²) in [6, 6.07) is 2.64. The van der Waals surface area contributed by atoms with Gasteiger partial charge in [-0.15, -0.1) is 0 Å². The standard InChI is InChI=1S/C16H30N2O2/c1-5-8-17-12-16-15(7-10-20-16)13-18(9-11-19-4)14(3)6-2/h7,10,14,17H,5-6,8-9,11-13H2,1-4H3. The van der Waals surface area contributed by atoms with Crippen molar-refractivity contribution in [1.29, 1.82) is 0 Å². The lowest BCUT2D eigenvalue weighted by molar-refractivity contribution is 0.117. The molecule has 20 heavy (non-hydrogen) atoms. The van der Waals surface area contributed by atoms with E-state index >= 15 is 0 Å². The largest absolute Gasteiger partial charge is 0.468 e. The first kappa shape index (κ1) is 17.2. The third kappa shape index (κ3) is 5.65. The van der Waals surface area contributed by atoms with Crippen molar-refractivity contribution in [3.05, 3.63) is 23.7 Å². The third-order valence-corrected chi connectivity index (χ3v) is 3.72. The Bertz CT molecular complexity index is 352. The van der Waals surface area contributed by atoms with Crippen molar-refractivity contribution < 1.29 is 9.15 Å². The molecule has 0 saturated heterocycles. The first-order valence-electron chi connectivity index (χ1n) is 7.71. The zero-order valence-corrected chi connectivity index (χ0v) is 13.4. The van der Waals surface area contributed by atoms with Crippen LogP contribution in [-0.4, -0.2) is 37.7 Å². The average molecular weight is 282 g/mol. The van der Waals surface area contributed by atoms with E-state index in [9.17, 15) is 0 Å². The molecule has 0 spiro atoms. The predicted molar refractivity (Wildman–Crippen MR) is 82.7 cm³/mol. The molecule has 0 aromatic carbocycles. The Hall–Kier alpha value is -0.840. The van der Waals surface area contributed by atoms with Gasteiger partial charge in [-0.05, 0) is 32.4 Å². The van der Waals surface area contributed by atoms with Gasteiger partial charge in [-0.25, -0.2) is 0 Å². The normalized spacial score (nSPS) is 13.1. The highest BCUT2D eigenvalue weighted by molar-refractivity contribution is 5.17. The molecule has 1 atom stereocenters. The summed E-state index contributed by atoms with van der Waals surface area (Å²) >= 11 is 0. The Morgan fingerprint density at radius 1 is 1.40 bits per heavy atom. The molecule has 0 fully saturated rings. The van der Waals surface area contributed by atoms with E-state index in [1.54, 1.807) is 13.4 Å². The van der Waals surface area contributed by atoms with Gasteiger partial charge in [-0.1, -0.05) is 13.8 Å². The van der Waals surface area contributed by atoms with Gasteiger partial charge in [-0.2, -0.15) is 0 Å². The molecule has 4 heteroatoms. The monoisotopic (exact) mass is 282 g/mol. The SMILES string of the molecule is CCCNCc1occc1CN(CCOC)C(C)CC. The number of hydrogen-bond acceptors (Lipinski definition) is 4. The van der Waals surface area contributed by atoms with E-state index in [4.69, 9.17) is 9.15 Å². The van der Waals surface area contributed by atoms with Crippen LogP contribution in [0, 0.1) is 0 Å². The molecule has 1 rings (SSSR count). The van der Waals surface area contributed by atoms with E-state index in [0.29, 0.717) is 6.04 Å². The lowest BCUT2D eigenvalue weighted by atomic mass is 10.1. The molecule has 1 N–H and O–H groups in total. The summed E-state index contributed by atoms with van der Waals surface area (Å²) in [4.78, 5) is 2.46. The lowest BCUT2D eigenvalue weighted by Gasteiger charge is -2.28. The molecule has 116 valence electrons. The predicted octanol–water partition coefficient (Wildman–Crippen LogP) is 3.03. The summed E-state index contributed by atoms with van der Waals surface area (Å²) < 4.78 is 10.8. The van der Waals surface area contributed by atoms with Gasteiger partial charge in [0.2, 0.25) is 0 Å². The molecule has 0 aliphatic carbocycles. The van der Waals surface area contributed by atoms with E-state index in [1.165, 1.54) is 5.56 Å². The van der Waals surface area contributed by atoms with Gasteiger partial charge in [-0.3, -0.25) is 4.90 Å². The number of nitrogens with zero attached hydrogens (tertiary/aromatic N) is 1. The fraction of sp³-hybridized carbons (Fsp3) is 0.750. The van der Waals surface area contributed by atoms with Crippen molar-refractivity contribution >= 4 is 0 Å². The number of ether oxygens (including phenoxy) is 1. The highest BCUT2D eigenvalue weighted by atomic mass is 16.5. The summed E-state index contributed by atoms with van der Waals surface area (Å²) in [6.07, 6.45) is 4.08. The van der Waals surface area contributed by atoms with Crippen molar-refractivity contribution in [2.75, 3.05) is 26.8 Å².